The van der Waals surface area contributed by atoms with Crippen LogP contribution in [0.2, 0.25) is 0 Å². The first kappa shape index (κ1) is 13.6. The van der Waals surface area contributed by atoms with E-state index >= 15 is 0 Å². The Kier molecular flexibility index (Phi) is 3.90. The van der Waals surface area contributed by atoms with Crippen LogP contribution in [-0.4, -0.2) is 14.7 Å². The lowest BCUT2D eigenvalue weighted by Crippen LogP contribution is -2.29. The predicted octanol–water partition coefficient (Wildman–Crippen LogP) is 2.96. The quantitative estimate of drug-likeness (QED) is 0.860. The Balaban J connectivity index is 2.35. The van der Waals surface area contributed by atoms with Gasteiger partial charge >= 0.3 is 0 Å². The zero-order valence-corrected chi connectivity index (χ0v) is 11.9. The summed E-state index contributed by atoms with van der Waals surface area (Å²) in [5.74, 6) is 0. The van der Waals surface area contributed by atoms with Crippen molar-refractivity contribution < 1.29 is 8.42 Å². The van der Waals surface area contributed by atoms with Crippen molar-refractivity contribution in [3.05, 3.63) is 65.7 Å². The fourth-order valence-corrected chi connectivity index (χ4v) is 2.75. The summed E-state index contributed by atoms with van der Waals surface area (Å²) in [7, 11) is -3.30. The Morgan fingerprint density at radius 1 is 0.947 bits per heavy atom. The van der Waals surface area contributed by atoms with E-state index < -0.39 is 10.0 Å². The Labute approximate surface area is 114 Å². The summed E-state index contributed by atoms with van der Waals surface area (Å²) in [6.07, 6.45) is 1.23. The number of rotatable bonds is 4. The van der Waals surface area contributed by atoms with E-state index in [2.05, 4.69) is 0 Å². The van der Waals surface area contributed by atoms with E-state index in [1.54, 1.807) is 0 Å². The maximum Gasteiger partial charge on any atom is 0.232 e. The normalized spacial score (nSPS) is 11.3. The van der Waals surface area contributed by atoms with Gasteiger partial charge in [0.1, 0.15) is 0 Å². The molecule has 0 unspecified atom stereocenters. The van der Waals surface area contributed by atoms with E-state index in [1.807, 2.05) is 61.5 Å². The van der Waals surface area contributed by atoms with Crippen molar-refractivity contribution in [1.29, 1.82) is 0 Å². The lowest BCUT2D eigenvalue weighted by Gasteiger charge is -2.22. The van der Waals surface area contributed by atoms with Crippen LogP contribution in [0.5, 0.6) is 0 Å². The van der Waals surface area contributed by atoms with Crippen LogP contribution in [0.1, 0.15) is 11.1 Å². The van der Waals surface area contributed by atoms with Crippen LogP contribution >= 0.6 is 0 Å². The highest BCUT2D eigenvalue weighted by Gasteiger charge is 2.17. The van der Waals surface area contributed by atoms with Crippen molar-refractivity contribution in [2.24, 2.45) is 0 Å². The summed E-state index contributed by atoms with van der Waals surface area (Å²) in [6, 6.07) is 17.1. The van der Waals surface area contributed by atoms with Gasteiger partial charge in [-0.05, 0) is 24.6 Å². The minimum atomic E-state index is -3.30. The number of hydrogen-bond acceptors (Lipinski definition) is 2. The van der Waals surface area contributed by atoms with Crippen LogP contribution in [0.15, 0.2) is 54.6 Å². The summed E-state index contributed by atoms with van der Waals surface area (Å²) in [6.45, 7) is 2.33. The molecule has 0 aromatic heterocycles. The lowest BCUT2D eigenvalue weighted by atomic mass is 10.2. The Bertz CT molecular complexity index is 634. The van der Waals surface area contributed by atoms with Crippen molar-refractivity contribution in [3.8, 4) is 0 Å². The molecule has 2 aromatic carbocycles. The first-order valence-electron chi connectivity index (χ1n) is 6.05. The molecule has 0 fully saturated rings. The van der Waals surface area contributed by atoms with E-state index in [4.69, 9.17) is 0 Å². The number of aryl methyl sites for hydroxylation is 1. The molecule has 0 saturated carbocycles. The molecule has 0 radical (unpaired) electrons. The summed E-state index contributed by atoms with van der Waals surface area (Å²) in [4.78, 5) is 0. The monoisotopic (exact) mass is 275 g/mol. The van der Waals surface area contributed by atoms with Crippen molar-refractivity contribution in [2.75, 3.05) is 10.6 Å². The molecule has 0 spiro atoms. The van der Waals surface area contributed by atoms with Gasteiger partial charge in [-0.3, -0.25) is 4.31 Å². The van der Waals surface area contributed by atoms with Crippen LogP contribution in [0, 0.1) is 6.92 Å². The van der Waals surface area contributed by atoms with Gasteiger partial charge in [0.05, 0.1) is 18.5 Å². The lowest BCUT2D eigenvalue weighted by molar-refractivity contribution is 0.596. The zero-order chi connectivity index (χ0) is 13.9. The summed E-state index contributed by atoms with van der Waals surface area (Å²) in [5, 5.41) is 0. The van der Waals surface area contributed by atoms with Gasteiger partial charge in [0.2, 0.25) is 10.0 Å². The van der Waals surface area contributed by atoms with Crippen LogP contribution in [0.3, 0.4) is 0 Å². The molecule has 19 heavy (non-hydrogen) atoms. The molecule has 0 heterocycles. The highest BCUT2D eigenvalue weighted by atomic mass is 32.2. The van der Waals surface area contributed by atoms with Gasteiger partial charge in [0.25, 0.3) is 0 Å². The molecule has 0 bridgehead atoms. The van der Waals surface area contributed by atoms with Gasteiger partial charge in [-0.1, -0.05) is 48.0 Å². The zero-order valence-electron chi connectivity index (χ0n) is 11.1. The number of sulfonamides is 1. The smallest absolute Gasteiger partial charge is 0.232 e. The highest BCUT2D eigenvalue weighted by molar-refractivity contribution is 7.92. The average Bonchev–Trinajstić information content (AvgIpc) is 2.37. The standard InChI is InChI=1S/C15H17NO2S/c1-13-8-10-15(11-9-13)16(19(2,17)18)12-14-6-4-3-5-7-14/h3-11H,12H2,1-2H3. The molecule has 2 rings (SSSR count). The van der Waals surface area contributed by atoms with Gasteiger partial charge in [0, 0.05) is 0 Å². The molecule has 0 N–H and O–H groups in total. The minimum Gasteiger partial charge on any atom is -0.266 e. The van der Waals surface area contributed by atoms with E-state index in [-0.39, 0.29) is 0 Å². The fourth-order valence-electron chi connectivity index (χ4n) is 1.86. The largest absolute Gasteiger partial charge is 0.266 e. The third-order valence-electron chi connectivity index (χ3n) is 2.89. The third-order valence-corrected chi connectivity index (χ3v) is 4.03. The number of hydrogen-bond donors (Lipinski definition) is 0. The van der Waals surface area contributed by atoms with E-state index in [1.165, 1.54) is 10.6 Å². The predicted molar refractivity (Wildman–Crippen MR) is 78.6 cm³/mol. The molecule has 0 aliphatic carbocycles. The molecule has 0 atom stereocenters. The van der Waals surface area contributed by atoms with Crippen molar-refractivity contribution in [2.45, 2.75) is 13.5 Å². The van der Waals surface area contributed by atoms with Gasteiger partial charge in [-0.2, -0.15) is 0 Å². The molecule has 4 heteroatoms. The summed E-state index contributed by atoms with van der Waals surface area (Å²) < 4.78 is 25.3. The van der Waals surface area contributed by atoms with Crippen molar-refractivity contribution >= 4 is 15.7 Å². The van der Waals surface area contributed by atoms with Gasteiger partial charge in [0.15, 0.2) is 0 Å². The van der Waals surface area contributed by atoms with Crippen LogP contribution in [0.4, 0.5) is 5.69 Å². The topological polar surface area (TPSA) is 37.4 Å². The van der Waals surface area contributed by atoms with Crippen molar-refractivity contribution in [1.82, 2.24) is 0 Å². The molecular weight excluding hydrogens is 258 g/mol. The molecule has 0 aliphatic heterocycles. The number of nitrogens with zero attached hydrogens (tertiary/aromatic N) is 1. The number of anilines is 1. The van der Waals surface area contributed by atoms with Gasteiger partial charge in [-0.25, -0.2) is 8.42 Å². The van der Waals surface area contributed by atoms with Crippen molar-refractivity contribution in [3.63, 3.8) is 0 Å². The SMILES string of the molecule is Cc1ccc(N(Cc2ccccc2)S(C)(=O)=O)cc1. The molecule has 0 saturated heterocycles. The molecule has 3 nitrogen and oxygen atoms in total. The fraction of sp³-hybridized carbons (Fsp3) is 0.200. The maximum atomic E-state index is 11.9. The Hall–Kier alpha value is -1.81. The average molecular weight is 275 g/mol. The molecule has 0 amide bonds. The van der Waals surface area contributed by atoms with Crippen LogP contribution in [0.25, 0.3) is 0 Å². The van der Waals surface area contributed by atoms with Crippen LogP contribution in [-0.2, 0) is 16.6 Å². The molecule has 0 aliphatic rings. The Morgan fingerprint density at radius 3 is 2.05 bits per heavy atom. The number of benzene rings is 2. The first-order chi connectivity index (χ1) is 8.97. The molecule has 2 aromatic rings. The van der Waals surface area contributed by atoms with Gasteiger partial charge in [-0.15, -0.1) is 0 Å². The van der Waals surface area contributed by atoms with E-state index in [0.29, 0.717) is 12.2 Å². The Morgan fingerprint density at radius 2 is 1.53 bits per heavy atom. The van der Waals surface area contributed by atoms with E-state index in [0.717, 1.165) is 11.1 Å². The van der Waals surface area contributed by atoms with Crippen LogP contribution < -0.4 is 4.31 Å². The molecule has 100 valence electrons. The second-order valence-corrected chi connectivity index (χ2v) is 6.50. The van der Waals surface area contributed by atoms with E-state index in [9.17, 15) is 8.42 Å². The van der Waals surface area contributed by atoms with Gasteiger partial charge < -0.3 is 0 Å². The third kappa shape index (κ3) is 3.58. The minimum absolute atomic E-state index is 0.350. The summed E-state index contributed by atoms with van der Waals surface area (Å²) in [5.41, 5.74) is 2.77. The first-order valence-corrected chi connectivity index (χ1v) is 7.90. The second-order valence-electron chi connectivity index (χ2n) is 4.59. The summed E-state index contributed by atoms with van der Waals surface area (Å²) >= 11 is 0. The molecular formula is C15H17NO2S. The maximum absolute atomic E-state index is 11.9. The second kappa shape index (κ2) is 5.45. The highest BCUT2D eigenvalue weighted by Crippen LogP contribution is 2.20.